The Balaban J connectivity index is 1.25. The second-order valence-corrected chi connectivity index (χ2v) is 9.60. The smallest absolute Gasteiger partial charge is 0.101 e. The largest absolute Gasteiger partial charge is 0.370 e. The van der Waals surface area contributed by atoms with Crippen LogP contribution in [0.2, 0.25) is 10.0 Å². The summed E-state index contributed by atoms with van der Waals surface area (Å²) in [5.74, 6) is 0. The molecule has 1 aromatic carbocycles. The minimum Gasteiger partial charge on any atom is -0.370 e. The average Bonchev–Trinajstić information content (AvgIpc) is 3.28. The number of fused-ring (bicyclic) bond motifs is 1. The number of hydrogen-bond acceptors (Lipinski definition) is 5. The number of benzene rings is 1. The van der Waals surface area contributed by atoms with Gasteiger partial charge in [0.1, 0.15) is 5.03 Å². The first-order valence-electron chi connectivity index (χ1n) is 9.66. The van der Waals surface area contributed by atoms with Crippen molar-refractivity contribution in [1.29, 1.82) is 0 Å². The van der Waals surface area contributed by atoms with E-state index in [2.05, 4.69) is 31.8 Å². The highest BCUT2D eigenvalue weighted by Crippen LogP contribution is 2.48. The molecule has 1 spiro atoms. The minimum atomic E-state index is 0.0755. The van der Waals surface area contributed by atoms with E-state index in [1.54, 1.807) is 6.07 Å². The molecule has 1 fully saturated rings. The molecule has 1 saturated heterocycles. The van der Waals surface area contributed by atoms with Crippen LogP contribution in [-0.2, 0) is 6.54 Å². The van der Waals surface area contributed by atoms with Crippen molar-refractivity contribution in [2.24, 2.45) is 11.1 Å². The summed E-state index contributed by atoms with van der Waals surface area (Å²) in [7, 11) is 0. The maximum absolute atomic E-state index is 6.59. The third-order valence-corrected chi connectivity index (χ3v) is 8.11. The highest BCUT2D eigenvalue weighted by Gasteiger charge is 2.46. The van der Waals surface area contributed by atoms with Gasteiger partial charge in [0.25, 0.3) is 0 Å². The standard InChI is InChI=1S/C21H21Cl2N5S/c22-15-2-1-3-17(19(15)23)29-18-5-4-14(12-25-18)27-10-7-21(8-11-27)13-28-16(20(21)24)6-9-26-28/h1-6,9,12,20H,7-8,10-11,13,24H2/t20-/m1/s1. The van der Waals surface area contributed by atoms with Crippen LogP contribution in [0.1, 0.15) is 24.6 Å². The molecule has 0 bridgehead atoms. The summed E-state index contributed by atoms with van der Waals surface area (Å²) in [5.41, 5.74) is 9.03. The van der Waals surface area contributed by atoms with Crippen molar-refractivity contribution in [3.05, 3.63) is 64.5 Å². The SMILES string of the molecule is N[C@@H]1c2ccnn2CC12CCN(c1ccc(Sc3cccc(Cl)c3Cl)nc1)CC2. The van der Waals surface area contributed by atoms with Gasteiger partial charge in [-0.2, -0.15) is 5.10 Å². The zero-order valence-electron chi connectivity index (χ0n) is 15.8. The number of hydrogen-bond donors (Lipinski definition) is 1. The Kier molecular flexibility index (Phi) is 4.98. The van der Waals surface area contributed by atoms with Gasteiger partial charge in [0, 0.05) is 36.1 Å². The van der Waals surface area contributed by atoms with E-state index in [-0.39, 0.29) is 11.5 Å². The molecule has 0 saturated carbocycles. The third-order valence-electron chi connectivity index (χ3n) is 6.17. The fourth-order valence-electron chi connectivity index (χ4n) is 4.42. The molecule has 3 aromatic rings. The first-order valence-corrected chi connectivity index (χ1v) is 11.2. The highest BCUT2D eigenvalue weighted by molar-refractivity contribution is 7.99. The molecule has 2 aromatic heterocycles. The molecule has 0 amide bonds. The molecule has 0 unspecified atom stereocenters. The molecule has 5 nitrogen and oxygen atoms in total. The molecular formula is C21H21Cl2N5S. The number of aromatic nitrogens is 3. The predicted octanol–water partition coefficient (Wildman–Crippen LogP) is 5.04. The number of anilines is 1. The molecule has 4 heterocycles. The van der Waals surface area contributed by atoms with Crippen molar-refractivity contribution >= 4 is 40.7 Å². The van der Waals surface area contributed by atoms with Crippen LogP contribution in [0.25, 0.3) is 0 Å². The first kappa shape index (κ1) is 19.2. The van der Waals surface area contributed by atoms with Gasteiger partial charge in [-0.1, -0.05) is 41.0 Å². The Morgan fingerprint density at radius 1 is 1.10 bits per heavy atom. The van der Waals surface area contributed by atoms with Gasteiger partial charge >= 0.3 is 0 Å². The Morgan fingerprint density at radius 3 is 2.66 bits per heavy atom. The summed E-state index contributed by atoms with van der Waals surface area (Å²) in [6, 6.07) is 11.9. The summed E-state index contributed by atoms with van der Waals surface area (Å²) >= 11 is 13.9. The number of halogens is 2. The van der Waals surface area contributed by atoms with E-state index in [9.17, 15) is 0 Å². The van der Waals surface area contributed by atoms with Crippen molar-refractivity contribution in [3.63, 3.8) is 0 Å². The quantitative estimate of drug-likeness (QED) is 0.611. The average molecular weight is 446 g/mol. The Bertz CT molecular complexity index is 1030. The lowest BCUT2D eigenvalue weighted by Gasteiger charge is -2.42. The topological polar surface area (TPSA) is 60.0 Å². The number of rotatable bonds is 3. The molecule has 8 heteroatoms. The molecule has 0 radical (unpaired) electrons. The molecule has 0 aliphatic carbocycles. The monoisotopic (exact) mass is 445 g/mol. The number of nitrogens with two attached hydrogens (primary N) is 1. The summed E-state index contributed by atoms with van der Waals surface area (Å²) in [5, 5.41) is 6.45. The number of nitrogens with zero attached hydrogens (tertiary/aromatic N) is 4. The summed E-state index contributed by atoms with van der Waals surface area (Å²) < 4.78 is 2.08. The molecular weight excluding hydrogens is 425 g/mol. The summed E-state index contributed by atoms with van der Waals surface area (Å²) in [6.07, 6.45) is 5.91. The normalized spacial score (nSPS) is 20.2. The van der Waals surface area contributed by atoms with Crippen LogP contribution in [0, 0.1) is 5.41 Å². The van der Waals surface area contributed by atoms with Crippen molar-refractivity contribution < 1.29 is 0 Å². The molecule has 2 N–H and O–H groups in total. The van der Waals surface area contributed by atoms with E-state index in [4.69, 9.17) is 28.9 Å². The van der Waals surface area contributed by atoms with Crippen LogP contribution in [0.5, 0.6) is 0 Å². The Labute approximate surface area is 184 Å². The Hall–Kier alpha value is -1.73. The molecule has 1 atom stereocenters. The van der Waals surface area contributed by atoms with Gasteiger partial charge in [0.15, 0.2) is 0 Å². The third kappa shape index (κ3) is 3.42. The van der Waals surface area contributed by atoms with Crippen LogP contribution >= 0.6 is 35.0 Å². The minimum absolute atomic E-state index is 0.0755. The summed E-state index contributed by atoms with van der Waals surface area (Å²) in [4.78, 5) is 7.93. The maximum Gasteiger partial charge on any atom is 0.101 e. The first-order chi connectivity index (χ1) is 14.1. The van der Waals surface area contributed by atoms with E-state index in [1.807, 2.05) is 30.6 Å². The lowest BCUT2D eigenvalue weighted by atomic mass is 9.73. The van der Waals surface area contributed by atoms with E-state index in [0.29, 0.717) is 10.0 Å². The number of pyridine rings is 1. The molecule has 2 aliphatic rings. The van der Waals surface area contributed by atoms with Gasteiger partial charge in [-0.3, -0.25) is 4.68 Å². The van der Waals surface area contributed by atoms with Crippen LogP contribution in [0.4, 0.5) is 5.69 Å². The second-order valence-electron chi connectivity index (χ2n) is 7.75. The Morgan fingerprint density at radius 2 is 1.93 bits per heavy atom. The molecule has 150 valence electrons. The lowest BCUT2D eigenvalue weighted by Crippen LogP contribution is -2.44. The predicted molar refractivity (Wildman–Crippen MR) is 118 cm³/mol. The van der Waals surface area contributed by atoms with Crippen LogP contribution < -0.4 is 10.6 Å². The van der Waals surface area contributed by atoms with Gasteiger partial charge < -0.3 is 10.6 Å². The van der Waals surface area contributed by atoms with Crippen molar-refractivity contribution in [2.45, 2.75) is 35.3 Å². The van der Waals surface area contributed by atoms with Gasteiger partial charge in [-0.15, -0.1) is 0 Å². The zero-order chi connectivity index (χ0) is 20.0. The second kappa shape index (κ2) is 7.51. The fourth-order valence-corrected chi connectivity index (χ4v) is 5.71. The van der Waals surface area contributed by atoms with E-state index >= 15 is 0 Å². The van der Waals surface area contributed by atoms with Gasteiger partial charge in [-0.25, -0.2) is 4.98 Å². The molecule has 5 rings (SSSR count). The van der Waals surface area contributed by atoms with Crippen molar-refractivity contribution in [3.8, 4) is 0 Å². The van der Waals surface area contributed by atoms with Gasteiger partial charge in [0.2, 0.25) is 0 Å². The zero-order valence-corrected chi connectivity index (χ0v) is 18.1. The molecule has 2 aliphatic heterocycles. The van der Waals surface area contributed by atoms with Crippen molar-refractivity contribution in [1.82, 2.24) is 14.8 Å². The maximum atomic E-state index is 6.59. The van der Waals surface area contributed by atoms with Crippen molar-refractivity contribution in [2.75, 3.05) is 18.0 Å². The van der Waals surface area contributed by atoms with E-state index in [1.165, 1.54) is 17.5 Å². The van der Waals surface area contributed by atoms with Crippen LogP contribution in [-0.4, -0.2) is 27.9 Å². The fraction of sp³-hybridized carbons (Fsp3) is 0.333. The highest BCUT2D eigenvalue weighted by atomic mass is 35.5. The van der Waals surface area contributed by atoms with Gasteiger partial charge in [-0.05, 0) is 43.2 Å². The van der Waals surface area contributed by atoms with Crippen LogP contribution in [0.15, 0.2) is 58.7 Å². The van der Waals surface area contributed by atoms with Gasteiger partial charge in [0.05, 0.1) is 33.7 Å². The van der Waals surface area contributed by atoms with Crippen LogP contribution in [0.3, 0.4) is 0 Å². The van der Waals surface area contributed by atoms with E-state index < -0.39 is 0 Å². The summed E-state index contributed by atoms with van der Waals surface area (Å²) in [6.45, 7) is 2.89. The lowest BCUT2D eigenvalue weighted by molar-refractivity contribution is 0.170. The number of piperidine rings is 1. The van der Waals surface area contributed by atoms with E-state index in [0.717, 1.165) is 48.1 Å². The molecule has 29 heavy (non-hydrogen) atoms.